The summed E-state index contributed by atoms with van der Waals surface area (Å²) in [6, 6.07) is 32.2. The Morgan fingerprint density at radius 1 is 0.850 bits per heavy atom. The van der Waals surface area contributed by atoms with Crippen LogP contribution in [0, 0.1) is 6.92 Å². The summed E-state index contributed by atoms with van der Waals surface area (Å²) in [5, 5.41) is 8.47. The molecule has 0 fully saturated rings. The molecule has 3 aromatic carbocycles. The van der Waals surface area contributed by atoms with Gasteiger partial charge in [-0.3, -0.25) is 0 Å². The fraction of sp³-hybridized carbons (Fsp3) is 0.125. The maximum absolute atomic E-state index is 5.64. The molecule has 1 unspecified atom stereocenters. The summed E-state index contributed by atoms with van der Waals surface area (Å²) in [6.45, 7) is 4.64. The number of fused-ring (bicyclic) bond motifs is 4. The van der Waals surface area contributed by atoms with Crippen LogP contribution < -0.4 is 15.0 Å². The second kappa shape index (κ2) is 9.81. The smallest absolute Gasteiger partial charge is 0.179 e. The maximum Gasteiger partial charge on any atom is 0.179 e. The number of amidine groups is 2. The molecule has 4 heterocycles. The lowest BCUT2D eigenvalue weighted by Gasteiger charge is -2.40. The molecule has 8 heteroatoms. The number of anilines is 2. The first kappa shape index (κ1) is 23.8. The Kier molecular flexibility index (Phi) is 5.85. The fourth-order valence-corrected chi connectivity index (χ4v) is 5.33. The Hall–Kier alpha value is -5.24. The van der Waals surface area contributed by atoms with E-state index in [1.165, 1.54) is 0 Å². The summed E-state index contributed by atoms with van der Waals surface area (Å²) in [5.74, 6) is 3.65. The van der Waals surface area contributed by atoms with Crippen LogP contribution in [0.1, 0.15) is 29.8 Å². The van der Waals surface area contributed by atoms with Crippen molar-refractivity contribution in [3.63, 3.8) is 0 Å². The molecule has 8 nitrogen and oxygen atoms in total. The van der Waals surface area contributed by atoms with Gasteiger partial charge in [0.1, 0.15) is 5.75 Å². The van der Waals surface area contributed by atoms with E-state index in [2.05, 4.69) is 45.5 Å². The summed E-state index contributed by atoms with van der Waals surface area (Å²) in [4.78, 5) is 17.1. The van der Waals surface area contributed by atoms with Crippen LogP contribution in [0.5, 0.6) is 5.75 Å². The average Bonchev–Trinajstić information content (AvgIpc) is 3.34. The lowest BCUT2D eigenvalue weighted by atomic mass is 9.93. The van der Waals surface area contributed by atoms with Crippen LogP contribution in [0.3, 0.4) is 0 Å². The van der Waals surface area contributed by atoms with Gasteiger partial charge in [0.05, 0.1) is 29.7 Å². The Balaban J connectivity index is 1.44. The Labute approximate surface area is 232 Å². The molecular formula is C32H27N7O. The van der Waals surface area contributed by atoms with E-state index < -0.39 is 0 Å². The molecule has 1 N–H and O–H groups in total. The molecule has 2 aromatic heterocycles. The third kappa shape index (κ3) is 4.01. The lowest BCUT2D eigenvalue weighted by molar-refractivity contribution is 0.340. The second-order valence-electron chi connectivity index (χ2n) is 9.57. The van der Waals surface area contributed by atoms with Crippen molar-refractivity contribution in [3.8, 4) is 11.6 Å². The summed E-state index contributed by atoms with van der Waals surface area (Å²) in [5.41, 5.74) is 5.82. The molecule has 7 rings (SSSR count). The zero-order valence-corrected chi connectivity index (χ0v) is 22.2. The van der Waals surface area contributed by atoms with E-state index in [-0.39, 0.29) is 6.04 Å². The average molecular weight is 526 g/mol. The number of aliphatic imine (C=N–C) groups is 2. The number of benzene rings is 3. The van der Waals surface area contributed by atoms with Gasteiger partial charge in [-0.05, 0) is 67.9 Å². The van der Waals surface area contributed by atoms with Crippen molar-refractivity contribution < 1.29 is 4.74 Å². The molecular weight excluding hydrogens is 498 g/mol. The van der Waals surface area contributed by atoms with E-state index in [1.807, 2.05) is 85.3 Å². The SMILES string of the molecule is CCOc1ccc(NC2=Nc3ccccc3N3C2=Nc2c(c(C)nn2-c2ccccn2)C3c2ccccc2)cc1. The Bertz CT molecular complexity index is 1740. The molecule has 5 aromatic rings. The summed E-state index contributed by atoms with van der Waals surface area (Å²) >= 11 is 0. The quantitative estimate of drug-likeness (QED) is 0.274. The van der Waals surface area contributed by atoms with Gasteiger partial charge in [-0.25, -0.2) is 15.0 Å². The number of pyridine rings is 1. The van der Waals surface area contributed by atoms with Gasteiger partial charge < -0.3 is 15.0 Å². The van der Waals surface area contributed by atoms with E-state index in [1.54, 1.807) is 6.20 Å². The highest BCUT2D eigenvalue weighted by molar-refractivity contribution is 6.51. The zero-order chi connectivity index (χ0) is 27.1. The normalized spacial score (nSPS) is 15.3. The van der Waals surface area contributed by atoms with Gasteiger partial charge in [-0.15, -0.1) is 0 Å². The van der Waals surface area contributed by atoms with Crippen LogP contribution in [0.25, 0.3) is 5.82 Å². The van der Waals surface area contributed by atoms with Crippen LogP contribution in [0.15, 0.2) is 113 Å². The topological polar surface area (TPSA) is 79.9 Å². The lowest BCUT2D eigenvalue weighted by Crippen LogP contribution is -2.46. The number of hydrogen-bond acceptors (Lipinski definition) is 7. The molecule has 196 valence electrons. The molecule has 0 spiro atoms. The first-order valence-electron chi connectivity index (χ1n) is 13.3. The summed E-state index contributed by atoms with van der Waals surface area (Å²) < 4.78 is 7.47. The number of rotatable bonds is 5. The second-order valence-corrected chi connectivity index (χ2v) is 9.57. The zero-order valence-electron chi connectivity index (χ0n) is 22.2. The van der Waals surface area contributed by atoms with Gasteiger partial charge in [0.15, 0.2) is 23.3 Å². The Morgan fingerprint density at radius 2 is 1.62 bits per heavy atom. The van der Waals surface area contributed by atoms with E-state index in [9.17, 15) is 0 Å². The predicted molar refractivity (Wildman–Crippen MR) is 159 cm³/mol. The first-order chi connectivity index (χ1) is 19.7. The van der Waals surface area contributed by atoms with Crippen molar-refractivity contribution >= 4 is 34.6 Å². The van der Waals surface area contributed by atoms with Crippen LogP contribution in [-0.4, -0.2) is 33.0 Å². The molecule has 0 amide bonds. The fourth-order valence-electron chi connectivity index (χ4n) is 5.33. The minimum Gasteiger partial charge on any atom is -0.494 e. The number of hydrogen-bond donors (Lipinski definition) is 1. The van der Waals surface area contributed by atoms with E-state index in [0.29, 0.717) is 24.1 Å². The Morgan fingerprint density at radius 3 is 2.40 bits per heavy atom. The van der Waals surface area contributed by atoms with Crippen molar-refractivity contribution in [2.75, 3.05) is 16.8 Å². The van der Waals surface area contributed by atoms with Crippen molar-refractivity contribution in [1.29, 1.82) is 0 Å². The third-order valence-corrected chi connectivity index (χ3v) is 7.05. The molecule has 40 heavy (non-hydrogen) atoms. The number of aryl methyl sites for hydroxylation is 1. The number of ether oxygens (including phenoxy) is 1. The van der Waals surface area contributed by atoms with Gasteiger partial charge in [0.25, 0.3) is 0 Å². The van der Waals surface area contributed by atoms with Crippen molar-refractivity contribution in [2.45, 2.75) is 19.9 Å². The number of nitrogens with one attached hydrogen (secondary N) is 1. The molecule has 1 atom stereocenters. The minimum absolute atomic E-state index is 0.171. The number of para-hydroxylation sites is 2. The van der Waals surface area contributed by atoms with Crippen LogP contribution in [0.4, 0.5) is 22.9 Å². The highest BCUT2D eigenvalue weighted by atomic mass is 16.5. The van der Waals surface area contributed by atoms with Crippen molar-refractivity contribution in [2.24, 2.45) is 9.98 Å². The largest absolute Gasteiger partial charge is 0.494 e. The predicted octanol–water partition coefficient (Wildman–Crippen LogP) is 6.77. The standard InChI is InChI=1S/C32H27N7O/c1-3-40-24-18-16-23(17-19-24)34-30-32-36-31-28(21(2)37-39(31)27-15-9-10-20-33-27)29(22-11-5-4-6-12-22)38(32)26-14-8-7-13-25(26)35-30/h4-20,29H,3H2,1-2H3,(H,34,35). The molecule has 2 aliphatic heterocycles. The highest BCUT2D eigenvalue weighted by Gasteiger charge is 2.41. The van der Waals surface area contributed by atoms with Crippen LogP contribution >= 0.6 is 0 Å². The number of aromatic nitrogens is 3. The van der Waals surface area contributed by atoms with Gasteiger partial charge in [0.2, 0.25) is 0 Å². The van der Waals surface area contributed by atoms with Gasteiger partial charge in [-0.2, -0.15) is 9.78 Å². The molecule has 0 bridgehead atoms. The van der Waals surface area contributed by atoms with Crippen molar-refractivity contribution in [1.82, 2.24) is 14.8 Å². The third-order valence-electron chi connectivity index (χ3n) is 7.05. The van der Waals surface area contributed by atoms with Crippen LogP contribution in [-0.2, 0) is 0 Å². The molecule has 0 saturated carbocycles. The summed E-state index contributed by atoms with van der Waals surface area (Å²) in [6.07, 6.45) is 1.77. The van der Waals surface area contributed by atoms with E-state index in [4.69, 9.17) is 19.8 Å². The van der Waals surface area contributed by atoms with Crippen molar-refractivity contribution in [3.05, 3.63) is 120 Å². The van der Waals surface area contributed by atoms with Gasteiger partial charge >= 0.3 is 0 Å². The number of nitrogens with zero attached hydrogens (tertiary/aromatic N) is 6. The monoisotopic (exact) mass is 525 g/mol. The minimum atomic E-state index is -0.171. The molecule has 0 radical (unpaired) electrons. The first-order valence-corrected chi connectivity index (χ1v) is 13.3. The van der Waals surface area contributed by atoms with E-state index in [0.717, 1.165) is 45.5 Å². The molecule has 0 aliphatic carbocycles. The van der Waals surface area contributed by atoms with E-state index >= 15 is 0 Å². The summed E-state index contributed by atoms with van der Waals surface area (Å²) in [7, 11) is 0. The highest BCUT2D eigenvalue weighted by Crippen LogP contribution is 2.48. The van der Waals surface area contributed by atoms with Gasteiger partial charge in [-0.1, -0.05) is 48.5 Å². The van der Waals surface area contributed by atoms with Gasteiger partial charge in [0, 0.05) is 17.4 Å². The molecule has 2 aliphatic rings. The van der Waals surface area contributed by atoms with Crippen LogP contribution in [0.2, 0.25) is 0 Å². The maximum atomic E-state index is 5.64. The molecule has 0 saturated heterocycles.